The summed E-state index contributed by atoms with van der Waals surface area (Å²) in [6.45, 7) is 5.47. The minimum Gasteiger partial charge on any atom is -0.424 e. The quantitative estimate of drug-likeness (QED) is 0.323. The lowest BCUT2D eigenvalue weighted by Crippen LogP contribution is -2.17. The van der Waals surface area contributed by atoms with Crippen LogP contribution >= 0.6 is 11.6 Å². The van der Waals surface area contributed by atoms with E-state index in [0.717, 1.165) is 10.5 Å². The van der Waals surface area contributed by atoms with Crippen molar-refractivity contribution in [2.75, 3.05) is 0 Å². The van der Waals surface area contributed by atoms with E-state index in [-0.39, 0.29) is 11.5 Å². The van der Waals surface area contributed by atoms with E-state index in [1.54, 1.807) is 6.08 Å². The van der Waals surface area contributed by atoms with Crippen molar-refractivity contribution in [2.45, 2.75) is 18.4 Å². The summed E-state index contributed by atoms with van der Waals surface area (Å²) in [5, 5.41) is -0.0347. The molecule has 0 aromatic carbocycles. The molecule has 0 N–H and O–H groups in total. The second-order valence-electron chi connectivity index (χ2n) is 1.62. The van der Waals surface area contributed by atoms with Gasteiger partial charge in [-0.1, -0.05) is 6.08 Å². The molecule has 8 heavy (non-hydrogen) atoms. The molecule has 0 aliphatic heterocycles. The Morgan fingerprint density at radius 1 is 1.88 bits per heavy atom. The molecule has 0 spiro atoms. The first-order valence-electron chi connectivity index (χ1n) is 2.51. The van der Waals surface area contributed by atoms with Gasteiger partial charge in [-0.05, 0) is 6.92 Å². The minimum absolute atomic E-state index is 0.0347. The lowest BCUT2D eigenvalue weighted by molar-refractivity contribution is 0.251. The second kappa shape index (κ2) is 4.12. The molecule has 0 bridgehead atoms. The summed E-state index contributed by atoms with van der Waals surface area (Å²) in [6.07, 6.45) is 1.81. The van der Waals surface area contributed by atoms with Gasteiger partial charge in [-0.3, -0.25) is 0 Å². The molecule has 0 fully saturated rings. The van der Waals surface area contributed by atoms with E-state index in [2.05, 4.69) is 6.58 Å². The number of rotatable bonds is 3. The Labute approximate surface area is 58.2 Å². The van der Waals surface area contributed by atoms with Gasteiger partial charge in [-0.15, -0.1) is 18.2 Å². The van der Waals surface area contributed by atoms with Crippen molar-refractivity contribution < 1.29 is 4.43 Å². The molecular formula is C5H11ClOSi. The Bertz CT molecular complexity index is 76.8. The lowest BCUT2D eigenvalue weighted by Gasteiger charge is -2.11. The Kier molecular flexibility index (Phi) is 4.23. The zero-order chi connectivity index (χ0) is 6.57. The van der Waals surface area contributed by atoms with Gasteiger partial charge in [0.1, 0.15) is 10.5 Å². The zero-order valence-corrected chi connectivity index (χ0v) is 7.98. The van der Waals surface area contributed by atoms with Gasteiger partial charge in [0.2, 0.25) is 0 Å². The maximum atomic E-state index is 5.70. The SMILES string of the molecule is C=CC(Cl)C(C)O[SiH3]. The minimum atomic E-state index is -0.0347. The van der Waals surface area contributed by atoms with Crippen molar-refractivity contribution in [3.8, 4) is 0 Å². The van der Waals surface area contributed by atoms with Crippen molar-refractivity contribution in [2.24, 2.45) is 0 Å². The van der Waals surface area contributed by atoms with E-state index in [1.807, 2.05) is 6.92 Å². The fourth-order valence-electron chi connectivity index (χ4n) is 0.322. The summed E-state index contributed by atoms with van der Waals surface area (Å²) in [7, 11) is 0.743. The van der Waals surface area contributed by atoms with Gasteiger partial charge in [0, 0.05) is 0 Å². The van der Waals surface area contributed by atoms with Crippen LogP contribution in [0.2, 0.25) is 0 Å². The third-order valence-corrected chi connectivity index (χ3v) is 2.32. The molecule has 2 unspecified atom stereocenters. The first-order valence-corrected chi connectivity index (χ1v) is 3.77. The molecule has 0 saturated carbocycles. The molecule has 0 aromatic rings. The van der Waals surface area contributed by atoms with Crippen molar-refractivity contribution in [1.29, 1.82) is 0 Å². The molecule has 1 nitrogen and oxygen atoms in total. The Balaban J connectivity index is 3.44. The number of hydrogen-bond acceptors (Lipinski definition) is 1. The predicted molar refractivity (Wildman–Crippen MR) is 40.3 cm³/mol. The van der Waals surface area contributed by atoms with E-state index in [0.29, 0.717) is 0 Å². The molecule has 0 amide bonds. The molecule has 0 heterocycles. The van der Waals surface area contributed by atoms with Crippen molar-refractivity contribution in [1.82, 2.24) is 0 Å². The van der Waals surface area contributed by atoms with Crippen molar-refractivity contribution in [3.63, 3.8) is 0 Å². The number of alkyl halides is 1. The molecular weight excluding hydrogens is 140 g/mol. The van der Waals surface area contributed by atoms with Crippen LogP contribution in [-0.2, 0) is 4.43 Å². The van der Waals surface area contributed by atoms with Crippen LogP contribution in [0.1, 0.15) is 6.92 Å². The van der Waals surface area contributed by atoms with E-state index in [9.17, 15) is 0 Å². The first kappa shape index (κ1) is 8.21. The third-order valence-electron chi connectivity index (χ3n) is 1.05. The lowest BCUT2D eigenvalue weighted by atomic mass is 10.3. The van der Waals surface area contributed by atoms with Crippen LogP contribution in [0.3, 0.4) is 0 Å². The van der Waals surface area contributed by atoms with Crippen LogP contribution in [0.4, 0.5) is 0 Å². The van der Waals surface area contributed by atoms with Gasteiger partial charge >= 0.3 is 0 Å². The molecule has 0 aliphatic carbocycles. The second-order valence-corrected chi connectivity index (χ2v) is 2.60. The van der Waals surface area contributed by atoms with Gasteiger partial charge in [-0.25, -0.2) is 0 Å². The average molecular weight is 151 g/mol. The van der Waals surface area contributed by atoms with Crippen LogP contribution < -0.4 is 0 Å². The predicted octanol–water partition coefficient (Wildman–Crippen LogP) is 0.465. The maximum Gasteiger partial charge on any atom is 0.146 e. The topological polar surface area (TPSA) is 9.23 Å². The molecule has 0 radical (unpaired) electrons. The van der Waals surface area contributed by atoms with Crippen molar-refractivity contribution >= 4 is 22.1 Å². The highest BCUT2D eigenvalue weighted by atomic mass is 35.5. The van der Waals surface area contributed by atoms with E-state index in [4.69, 9.17) is 16.0 Å². The molecule has 48 valence electrons. The zero-order valence-electron chi connectivity index (χ0n) is 5.23. The smallest absolute Gasteiger partial charge is 0.146 e. The number of hydrogen-bond donors (Lipinski definition) is 0. The largest absolute Gasteiger partial charge is 0.424 e. The van der Waals surface area contributed by atoms with Gasteiger partial charge in [0.05, 0.1) is 11.5 Å². The normalized spacial score (nSPS) is 17.8. The van der Waals surface area contributed by atoms with Crippen LogP contribution in [0.5, 0.6) is 0 Å². The van der Waals surface area contributed by atoms with Gasteiger partial charge in [-0.2, -0.15) is 0 Å². The fraction of sp³-hybridized carbons (Fsp3) is 0.600. The standard InChI is InChI=1S/C5H11ClOSi/c1-3-5(6)4(2)7-8/h3-5H,1H2,2,8H3. The van der Waals surface area contributed by atoms with Gasteiger partial charge < -0.3 is 4.43 Å². The highest BCUT2D eigenvalue weighted by Gasteiger charge is 2.06. The summed E-state index contributed by atoms with van der Waals surface area (Å²) < 4.78 is 5.04. The average Bonchev–Trinajstić information content (AvgIpc) is 1.84. The summed E-state index contributed by atoms with van der Waals surface area (Å²) in [4.78, 5) is 0. The molecule has 0 saturated heterocycles. The Hall–Kier alpha value is 0.207. The van der Waals surface area contributed by atoms with E-state index < -0.39 is 0 Å². The summed E-state index contributed by atoms with van der Waals surface area (Å²) in [5.74, 6) is 0. The van der Waals surface area contributed by atoms with Gasteiger partial charge in [0.15, 0.2) is 0 Å². The van der Waals surface area contributed by atoms with Crippen LogP contribution in [0.15, 0.2) is 12.7 Å². The molecule has 3 heteroatoms. The molecule has 0 rings (SSSR count). The third kappa shape index (κ3) is 2.50. The highest BCUT2D eigenvalue weighted by molar-refractivity contribution is 6.22. The Morgan fingerprint density at radius 2 is 2.38 bits per heavy atom. The fourth-order valence-corrected chi connectivity index (χ4v) is 0.890. The maximum absolute atomic E-state index is 5.70. The van der Waals surface area contributed by atoms with Crippen LogP contribution in [0.25, 0.3) is 0 Å². The highest BCUT2D eigenvalue weighted by Crippen LogP contribution is 2.04. The monoisotopic (exact) mass is 150 g/mol. The molecule has 0 aromatic heterocycles. The van der Waals surface area contributed by atoms with E-state index >= 15 is 0 Å². The number of halogens is 1. The van der Waals surface area contributed by atoms with Crippen molar-refractivity contribution in [3.05, 3.63) is 12.7 Å². The van der Waals surface area contributed by atoms with Crippen LogP contribution in [0, 0.1) is 0 Å². The van der Waals surface area contributed by atoms with Gasteiger partial charge in [0.25, 0.3) is 0 Å². The van der Waals surface area contributed by atoms with Crippen LogP contribution in [-0.4, -0.2) is 22.0 Å². The molecule has 2 atom stereocenters. The molecule has 0 aliphatic rings. The summed E-state index contributed by atoms with van der Waals surface area (Å²) in [5.41, 5.74) is 0. The summed E-state index contributed by atoms with van der Waals surface area (Å²) in [6, 6.07) is 0. The Morgan fingerprint density at radius 3 is 2.50 bits per heavy atom. The summed E-state index contributed by atoms with van der Waals surface area (Å²) >= 11 is 5.70. The van der Waals surface area contributed by atoms with E-state index in [1.165, 1.54) is 0 Å². The first-order chi connectivity index (χ1) is 3.72.